The molecule has 0 fully saturated rings. The van der Waals surface area contributed by atoms with Gasteiger partial charge in [0.25, 0.3) is 0 Å². The lowest BCUT2D eigenvalue weighted by Gasteiger charge is -2.35. The predicted octanol–water partition coefficient (Wildman–Crippen LogP) is 20.3. The largest absolute Gasteiger partial charge is 0.293 e. The lowest BCUT2D eigenvalue weighted by molar-refractivity contribution is 0.627. The summed E-state index contributed by atoms with van der Waals surface area (Å²) in [5.41, 5.74) is 16.1. The topological polar surface area (TPSA) is 79.8 Å². The van der Waals surface area contributed by atoms with Crippen molar-refractivity contribution in [3.63, 3.8) is 0 Å². The van der Waals surface area contributed by atoms with Gasteiger partial charge in [0.2, 0.25) is 0 Å². The average Bonchev–Trinajstić information content (AvgIpc) is 1.15. The number of hydrogen-bond donors (Lipinski definition) is 0. The molecule has 1 aromatic heterocycles. The van der Waals surface area contributed by atoms with Gasteiger partial charge in [-0.3, -0.25) is 9.80 Å². The first-order chi connectivity index (χ1) is 42.5. The molecule has 0 radical (unpaired) electrons. The van der Waals surface area contributed by atoms with Crippen LogP contribution in [-0.4, -0.2) is 9.97 Å². The summed E-state index contributed by atoms with van der Waals surface area (Å²) in [6.45, 7) is 0. The zero-order chi connectivity index (χ0) is 58.1. The Morgan fingerprint density at radius 3 is 0.814 bits per heavy atom. The van der Waals surface area contributed by atoms with Gasteiger partial charge in [-0.05, 0) is 126 Å². The van der Waals surface area contributed by atoms with E-state index in [-0.39, 0.29) is 17.9 Å². The number of nitriles is 2. The molecule has 1 unspecified atom stereocenters. The zero-order valence-electron chi connectivity index (χ0n) is 47.1. The molecule has 0 aliphatic heterocycles. The summed E-state index contributed by atoms with van der Waals surface area (Å²) in [5.74, 6) is 0.601. The minimum absolute atomic E-state index is 0.0633. The van der Waals surface area contributed by atoms with Gasteiger partial charge in [-0.15, -0.1) is 0 Å². The van der Waals surface area contributed by atoms with Crippen LogP contribution in [-0.2, 0) is 11.8 Å². The Balaban J connectivity index is 1.09. The lowest BCUT2D eigenvalue weighted by atomic mass is 9.73. The fourth-order valence-electron chi connectivity index (χ4n) is 11.4. The van der Waals surface area contributed by atoms with Gasteiger partial charge in [0.05, 0.1) is 6.07 Å². The molecule has 0 aliphatic carbocycles. The van der Waals surface area contributed by atoms with E-state index in [0.717, 1.165) is 95.1 Å². The Bertz CT molecular complexity index is 4310. The highest BCUT2D eigenvalue weighted by Crippen LogP contribution is 2.48. The minimum Gasteiger partial charge on any atom is -0.293 e. The molecule has 0 saturated heterocycles. The second-order valence-electron chi connectivity index (χ2n) is 21.2. The summed E-state index contributed by atoms with van der Waals surface area (Å²) >= 11 is 0. The van der Waals surface area contributed by atoms with Crippen LogP contribution in [0.2, 0.25) is 0 Å². The molecular weight excluding hydrogens is 1040 g/mol. The van der Waals surface area contributed by atoms with Gasteiger partial charge in [-0.2, -0.15) is 10.5 Å². The average molecular weight is 1100 g/mol. The van der Waals surface area contributed by atoms with Crippen LogP contribution in [0.15, 0.2) is 328 Å². The fraction of sp³-hybridized carbons (Fsp3) is 0.0250. The lowest BCUT2D eigenvalue weighted by Crippen LogP contribution is -2.34. The first kappa shape index (κ1) is 53.6. The number of hydrogen-bond acceptors (Lipinski definition) is 6. The molecule has 0 N–H and O–H groups in total. The Labute approximate surface area is 502 Å². The molecule has 0 saturated carbocycles. The van der Waals surface area contributed by atoms with Crippen molar-refractivity contribution in [3.8, 4) is 78.9 Å². The van der Waals surface area contributed by atoms with E-state index in [1.807, 2.05) is 114 Å². The molecule has 13 rings (SSSR count). The maximum Gasteiger partial charge on any atom is 0.186 e. The molecule has 406 valence electrons. The van der Waals surface area contributed by atoms with Crippen LogP contribution in [0, 0.1) is 22.7 Å². The van der Waals surface area contributed by atoms with E-state index in [9.17, 15) is 10.5 Å². The molecule has 6 nitrogen and oxygen atoms in total. The van der Waals surface area contributed by atoms with Crippen molar-refractivity contribution < 1.29 is 0 Å². The van der Waals surface area contributed by atoms with Crippen molar-refractivity contribution in [3.05, 3.63) is 350 Å². The number of aromatic nitrogens is 2. The van der Waals surface area contributed by atoms with Crippen LogP contribution >= 0.6 is 0 Å². The third-order valence-electron chi connectivity index (χ3n) is 15.9. The number of nitrogens with zero attached hydrogens (tertiary/aromatic N) is 6. The molecule has 1 atom stereocenters. The molecule has 0 bridgehead atoms. The van der Waals surface area contributed by atoms with Gasteiger partial charge < -0.3 is 0 Å². The molecule has 0 spiro atoms. The van der Waals surface area contributed by atoms with Crippen LogP contribution in [0.25, 0.3) is 66.8 Å². The minimum atomic E-state index is -1.55. The highest BCUT2D eigenvalue weighted by atomic mass is 15.3. The summed E-state index contributed by atoms with van der Waals surface area (Å²) in [6.07, 6.45) is 0.196. The van der Waals surface area contributed by atoms with E-state index in [1.165, 1.54) is 0 Å². The Morgan fingerprint density at radius 2 is 0.535 bits per heavy atom. The monoisotopic (exact) mass is 1100 g/mol. The van der Waals surface area contributed by atoms with Crippen LogP contribution in [0.1, 0.15) is 22.5 Å². The van der Waals surface area contributed by atoms with E-state index in [4.69, 9.17) is 9.97 Å². The van der Waals surface area contributed by atoms with E-state index in [1.54, 1.807) is 0 Å². The number of anilines is 6. The second-order valence-corrected chi connectivity index (χ2v) is 21.2. The Kier molecular flexibility index (Phi) is 15.2. The SMILES string of the molecule is N#Cc1nc(N(c2ccc(-c3ccccc3)cc2)c2ccc(-c3ccccc3)cc2)c(C(C#N)(Cc2ccc(-c3ccccc3)cc2)c2ccc(-c3ccccc3)cc2)nc1N(c1ccc(-c2ccccc2)cc1)c1ccc(-c2ccccc2)cc1. The first-order valence-corrected chi connectivity index (χ1v) is 28.8. The van der Waals surface area contributed by atoms with Gasteiger partial charge in [0.1, 0.15) is 17.2 Å². The van der Waals surface area contributed by atoms with Gasteiger partial charge in [0.15, 0.2) is 17.3 Å². The number of rotatable bonds is 16. The number of benzene rings is 12. The second kappa shape index (κ2) is 24.4. The smallest absolute Gasteiger partial charge is 0.186 e. The van der Waals surface area contributed by atoms with Gasteiger partial charge in [-0.1, -0.05) is 279 Å². The van der Waals surface area contributed by atoms with Gasteiger partial charge in [0, 0.05) is 29.2 Å². The van der Waals surface area contributed by atoms with E-state index in [2.05, 4.69) is 235 Å². The standard InChI is InChI=1S/C80H56N6/c81-56-76-78(85(72-47-37-67(38-48-72)61-23-11-3-12-24-61)73-49-39-68(40-50-73)62-25-13-4-14-26-62)84-77(79(83-76)86(74-51-41-69(42-52-74)63-27-15-5-16-28-63)75-53-43-70(44-54-75)64-29-17-6-18-30-64)80(57-82,71-45-35-66(36-46-71)60-21-9-2-10-22-60)55-58-31-33-65(34-32-58)59-19-7-1-8-20-59/h1-54H,55H2. The highest BCUT2D eigenvalue weighted by Gasteiger charge is 2.43. The summed E-state index contributed by atoms with van der Waals surface area (Å²) in [5, 5.41) is 24.5. The van der Waals surface area contributed by atoms with Gasteiger partial charge in [-0.25, -0.2) is 9.97 Å². The Hall–Kier alpha value is -11.7. The van der Waals surface area contributed by atoms with Crippen LogP contribution in [0.4, 0.5) is 34.4 Å². The van der Waals surface area contributed by atoms with Crippen LogP contribution < -0.4 is 9.80 Å². The summed E-state index contributed by atoms with van der Waals surface area (Å²) in [7, 11) is 0. The van der Waals surface area contributed by atoms with E-state index >= 15 is 0 Å². The molecule has 86 heavy (non-hydrogen) atoms. The summed E-state index contributed by atoms with van der Waals surface area (Å²) < 4.78 is 0. The van der Waals surface area contributed by atoms with Crippen LogP contribution in [0.3, 0.4) is 0 Å². The quantitative estimate of drug-likeness (QED) is 0.0959. The van der Waals surface area contributed by atoms with Crippen molar-refractivity contribution in [2.75, 3.05) is 9.80 Å². The molecular formula is C80H56N6. The first-order valence-electron chi connectivity index (χ1n) is 28.8. The molecule has 13 aromatic rings. The molecule has 6 heteroatoms. The highest BCUT2D eigenvalue weighted by molar-refractivity contribution is 5.85. The van der Waals surface area contributed by atoms with Gasteiger partial charge >= 0.3 is 0 Å². The third-order valence-corrected chi connectivity index (χ3v) is 15.9. The molecule has 12 aromatic carbocycles. The molecule has 0 aliphatic rings. The maximum atomic E-state index is 12.7. The van der Waals surface area contributed by atoms with Crippen molar-refractivity contribution in [2.45, 2.75) is 11.8 Å². The summed E-state index contributed by atoms with van der Waals surface area (Å²) in [6, 6.07) is 117. The van der Waals surface area contributed by atoms with E-state index < -0.39 is 5.41 Å². The third kappa shape index (κ3) is 11.1. The predicted molar refractivity (Wildman–Crippen MR) is 352 cm³/mol. The summed E-state index contributed by atoms with van der Waals surface area (Å²) in [4.78, 5) is 15.6. The Morgan fingerprint density at radius 1 is 0.279 bits per heavy atom. The van der Waals surface area contributed by atoms with Crippen LogP contribution in [0.5, 0.6) is 0 Å². The fourth-order valence-corrected chi connectivity index (χ4v) is 11.4. The van der Waals surface area contributed by atoms with Crippen molar-refractivity contribution in [1.82, 2.24) is 9.97 Å². The molecule has 0 amide bonds. The van der Waals surface area contributed by atoms with E-state index in [0.29, 0.717) is 17.1 Å². The van der Waals surface area contributed by atoms with Crippen molar-refractivity contribution in [2.24, 2.45) is 0 Å². The normalized spacial score (nSPS) is 11.6. The maximum absolute atomic E-state index is 12.7. The van der Waals surface area contributed by atoms with Crippen molar-refractivity contribution in [1.29, 1.82) is 10.5 Å². The molecule has 1 heterocycles. The van der Waals surface area contributed by atoms with Crippen molar-refractivity contribution >= 4 is 34.4 Å². The zero-order valence-corrected chi connectivity index (χ0v) is 47.1.